The number of benzene rings is 4. The van der Waals surface area contributed by atoms with Crippen LogP contribution >= 0.6 is 0 Å². The van der Waals surface area contributed by atoms with Crippen molar-refractivity contribution in [1.82, 2.24) is 0 Å². The summed E-state index contributed by atoms with van der Waals surface area (Å²) in [5.74, 6) is -3.06. The Hall–Kier alpha value is -6.78. The Morgan fingerprint density at radius 3 is 1.25 bits per heavy atom. The summed E-state index contributed by atoms with van der Waals surface area (Å²) >= 11 is 0. The average Bonchev–Trinajstić information content (AvgIpc) is 3.24. The van der Waals surface area contributed by atoms with E-state index in [0.717, 1.165) is 0 Å². The number of rotatable bonds is 19. The third kappa shape index (κ3) is 13.0. The normalized spacial score (nSPS) is 11.4. The fourth-order valence-electron chi connectivity index (χ4n) is 5.55. The van der Waals surface area contributed by atoms with Gasteiger partial charge in [0, 0.05) is 35.8 Å². The molecule has 0 saturated heterocycles. The molecule has 0 radical (unpaired) electrons. The standard InChI is InChI=1S/C46H44N2O8/c1-33(31-55-45(51)39(28-47)42(35-18-8-4-9-19-35)36-20-10-5-11-21-36)29-53-40(49)26-16-17-27-41(50)54-30-34(2)32-56-46(52)44(48-3)43(37-22-12-6-13-23-37)38-24-14-7-15-25-38/h4-15,18-25,33-34H,16-17,26-27,29-32H2,1-2H3. The van der Waals surface area contributed by atoms with Crippen LogP contribution in [0.25, 0.3) is 16.0 Å². The molecule has 0 N–H and O–H groups in total. The van der Waals surface area contributed by atoms with E-state index in [4.69, 9.17) is 25.5 Å². The lowest BCUT2D eigenvalue weighted by molar-refractivity contribution is -0.149. The molecule has 286 valence electrons. The van der Waals surface area contributed by atoms with Crippen molar-refractivity contribution in [3.05, 3.63) is 166 Å². The van der Waals surface area contributed by atoms with Crippen molar-refractivity contribution in [3.8, 4) is 6.07 Å². The summed E-state index contributed by atoms with van der Waals surface area (Å²) in [5.41, 5.74) is 3.53. The maximum atomic E-state index is 13.1. The number of unbranched alkanes of at least 4 members (excludes halogenated alkanes) is 1. The van der Waals surface area contributed by atoms with Gasteiger partial charge >= 0.3 is 23.9 Å². The molecule has 2 unspecified atom stereocenters. The molecule has 10 nitrogen and oxygen atoms in total. The summed E-state index contributed by atoms with van der Waals surface area (Å²) in [4.78, 5) is 54.3. The summed E-state index contributed by atoms with van der Waals surface area (Å²) in [6.07, 6.45) is 0.992. The number of hydrogen-bond acceptors (Lipinski definition) is 9. The highest BCUT2D eigenvalue weighted by Crippen LogP contribution is 2.29. The van der Waals surface area contributed by atoms with Gasteiger partial charge in [-0.15, -0.1) is 0 Å². The van der Waals surface area contributed by atoms with Gasteiger partial charge in [-0.1, -0.05) is 135 Å². The number of ether oxygens (including phenoxy) is 4. The molecule has 0 aliphatic rings. The minimum absolute atomic E-state index is 0.0133. The molecule has 4 aromatic rings. The Kier molecular flexibility index (Phi) is 16.8. The van der Waals surface area contributed by atoms with Crippen molar-refractivity contribution in [1.29, 1.82) is 5.26 Å². The van der Waals surface area contributed by atoms with Gasteiger partial charge in [0.05, 0.1) is 33.0 Å². The van der Waals surface area contributed by atoms with E-state index in [-0.39, 0.29) is 62.4 Å². The molecule has 4 rings (SSSR count). The van der Waals surface area contributed by atoms with E-state index in [1.807, 2.05) is 127 Å². The number of carbonyl (C=O) groups is 4. The number of nitriles is 1. The predicted octanol–water partition coefficient (Wildman–Crippen LogP) is 8.40. The lowest BCUT2D eigenvalue weighted by atomic mass is 9.93. The molecule has 0 aliphatic carbocycles. The Balaban J connectivity index is 1.14. The minimum atomic E-state index is -0.765. The fraction of sp³-hybridized carbons (Fsp3) is 0.261. The second kappa shape index (κ2) is 22.4. The van der Waals surface area contributed by atoms with E-state index in [1.165, 1.54) is 0 Å². The van der Waals surface area contributed by atoms with Gasteiger partial charge in [-0.25, -0.2) is 9.64 Å². The van der Waals surface area contributed by atoms with Crippen LogP contribution < -0.4 is 0 Å². The first-order valence-corrected chi connectivity index (χ1v) is 18.3. The number of esters is 4. The topological polar surface area (TPSA) is 133 Å². The van der Waals surface area contributed by atoms with Crippen LogP contribution in [0.15, 0.2) is 133 Å². The largest absolute Gasteiger partial charge is 0.470 e. The zero-order valence-electron chi connectivity index (χ0n) is 31.5. The predicted molar refractivity (Wildman–Crippen MR) is 211 cm³/mol. The van der Waals surface area contributed by atoms with Gasteiger partial charge in [0.25, 0.3) is 5.70 Å². The SMILES string of the molecule is [C-]#[N+]C(C(=O)OCC(C)COC(=O)CCCCC(=O)OCC(C)COC(=O)C(C#N)=C(c1ccccc1)c1ccccc1)=C(c1ccccc1)c1ccccc1. The van der Waals surface area contributed by atoms with E-state index >= 15 is 0 Å². The molecule has 0 saturated carbocycles. The van der Waals surface area contributed by atoms with E-state index in [1.54, 1.807) is 13.8 Å². The van der Waals surface area contributed by atoms with Gasteiger partial charge in [0.2, 0.25) is 0 Å². The maximum absolute atomic E-state index is 13.1. The van der Waals surface area contributed by atoms with Crippen LogP contribution in [0.3, 0.4) is 0 Å². The number of carbonyl (C=O) groups excluding carboxylic acids is 4. The van der Waals surface area contributed by atoms with Crippen molar-refractivity contribution in [2.75, 3.05) is 26.4 Å². The van der Waals surface area contributed by atoms with E-state index in [2.05, 4.69) is 4.85 Å². The molecule has 0 bridgehead atoms. The van der Waals surface area contributed by atoms with Crippen molar-refractivity contribution in [2.45, 2.75) is 39.5 Å². The Bertz CT molecular complexity index is 1830. The summed E-state index contributed by atoms with van der Waals surface area (Å²) in [7, 11) is 0. The van der Waals surface area contributed by atoms with Gasteiger partial charge in [0.15, 0.2) is 0 Å². The maximum Gasteiger partial charge on any atom is 0.349 e. The van der Waals surface area contributed by atoms with Crippen molar-refractivity contribution in [2.24, 2.45) is 11.8 Å². The van der Waals surface area contributed by atoms with E-state index in [9.17, 15) is 24.4 Å². The molecule has 2 atom stereocenters. The van der Waals surface area contributed by atoms with E-state index < -0.39 is 23.9 Å². The molecule has 0 aliphatic heterocycles. The molecule has 0 spiro atoms. The summed E-state index contributed by atoms with van der Waals surface area (Å²) in [5, 5.41) is 9.93. The van der Waals surface area contributed by atoms with Crippen LogP contribution in [-0.4, -0.2) is 50.3 Å². The molecule has 0 aromatic heterocycles. The van der Waals surface area contributed by atoms with Crippen LogP contribution in [0.5, 0.6) is 0 Å². The highest BCUT2D eigenvalue weighted by molar-refractivity contribution is 6.05. The second-order valence-corrected chi connectivity index (χ2v) is 13.1. The lowest BCUT2D eigenvalue weighted by Crippen LogP contribution is -2.20. The zero-order chi connectivity index (χ0) is 40.1. The van der Waals surface area contributed by atoms with Gasteiger partial charge < -0.3 is 18.9 Å². The average molecular weight is 753 g/mol. The smallest absolute Gasteiger partial charge is 0.349 e. The number of nitrogens with zero attached hydrogens (tertiary/aromatic N) is 2. The Morgan fingerprint density at radius 1 is 0.554 bits per heavy atom. The minimum Gasteiger partial charge on any atom is -0.470 e. The Labute approximate surface area is 327 Å². The van der Waals surface area contributed by atoms with Crippen molar-refractivity contribution in [3.63, 3.8) is 0 Å². The summed E-state index contributed by atoms with van der Waals surface area (Å²) in [6, 6.07) is 38.7. The second-order valence-electron chi connectivity index (χ2n) is 13.1. The first-order chi connectivity index (χ1) is 27.2. The van der Waals surface area contributed by atoms with E-state index in [0.29, 0.717) is 46.2 Å². The van der Waals surface area contributed by atoms with Crippen LogP contribution in [-0.2, 0) is 38.1 Å². The highest BCUT2D eigenvalue weighted by Gasteiger charge is 2.23. The Morgan fingerprint density at radius 2 is 0.893 bits per heavy atom. The molecule has 4 aromatic carbocycles. The van der Waals surface area contributed by atoms with Crippen LogP contribution in [0.1, 0.15) is 61.8 Å². The first kappa shape index (κ1) is 42.0. The van der Waals surface area contributed by atoms with Crippen LogP contribution in [0, 0.1) is 29.7 Å². The fourth-order valence-corrected chi connectivity index (χ4v) is 5.55. The summed E-state index contributed by atoms with van der Waals surface area (Å²) < 4.78 is 21.6. The van der Waals surface area contributed by atoms with Gasteiger partial charge in [-0.3, -0.25) is 14.4 Å². The van der Waals surface area contributed by atoms with Gasteiger partial charge in [-0.2, -0.15) is 5.26 Å². The monoisotopic (exact) mass is 752 g/mol. The lowest BCUT2D eigenvalue weighted by Gasteiger charge is -2.15. The summed E-state index contributed by atoms with van der Waals surface area (Å²) in [6.45, 7) is 11.2. The van der Waals surface area contributed by atoms with Gasteiger partial charge in [-0.05, 0) is 35.1 Å². The van der Waals surface area contributed by atoms with Crippen molar-refractivity contribution >= 4 is 35.0 Å². The molecular weight excluding hydrogens is 709 g/mol. The number of hydrogen-bond donors (Lipinski definition) is 0. The molecule has 0 fully saturated rings. The highest BCUT2D eigenvalue weighted by atomic mass is 16.6. The first-order valence-electron chi connectivity index (χ1n) is 18.3. The quantitative estimate of drug-likeness (QED) is 0.0231. The third-order valence-electron chi connectivity index (χ3n) is 8.43. The molecule has 0 heterocycles. The zero-order valence-corrected chi connectivity index (χ0v) is 31.5. The van der Waals surface area contributed by atoms with Crippen LogP contribution in [0.2, 0.25) is 0 Å². The molecule has 10 heteroatoms. The molecule has 0 amide bonds. The van der Waals surface area contributed by atoms with Crippen LogP contribution in [0.4, 0.5) is 0 Å². The van der Waals surface area contributed by atoms with Crippen molar-refractivity contribution < 1.29 is 38.1 Å². The molecule has 56 heavy (non-hydrogen) atoms. The molecular formula is C46H44N2O8. The van der Waals surface area contributed by atoms with Gasteiger partial charge in [0.1, 0.15) is 11.6 Å². The third-order valence-corrected chi connectivity index (χ3v) is 8.43.